The van der Waals surface area contributed by atoms with E-state index in [1.807, 2.05) is 29.8 Å². The number of fused-ring (bicyclic) bond motifs is 1. The van der Waals surface area contributed by atoms with E-state index in [4.69, 9.17) is 5.26 Å². The molecule has 19 heavy (non-hydrogen) atoms. The Morgan fingerprint density at radius 2 is 2.16 bits per heavy atom. The number of amides is 1. The molecule has 0 fully saturated rings. The number of aryl methyl sites for hydroxylation is 1. The van der Waals surface area contributed by atoms with Gasteiger partial charge in [0.2, 0.25) is 5.91 Å². The summed E-state index contributed by atoms with van der Waals surface area (Å²) in [5.74, 6) is 0.0951. The van der Waals surface area contributed by atoms with Gasteiger partial charge in [0.05, 0.1) is 18.4 Å². The Kier molecular flexibility index (Phi) is 2.39. The highest BCUT2D eigenvalue weighted by molar-refractivity contribution is 6.01. The van der Waals surface area contributed by atoms with Gasteiger partial charge in [0.25, 0.3) is 0 Å². The molecule has 3 rings (SSSR count). The van der Waals surface area contributed by atoms with Crippen molar-refractivity contribution in [3.63, 3.8) is 0 Å². The van der Waals surface area contributed by atoms with Crippen molar-refractivity contribution in [2.24, 2.45) is 7.05 Å². The number of nitriles is 1. The highest BCUT2D eigenvalue weighted by Crippen LogP contribution is 2.32. The zero-order valence-electron chi connectivity index (χ0n) is 10.7. The first-order valence-corrected chi connectivity index (χ1v) is 5.93. The van der Waals surface area contributed by atoms with Crippen LogP contribution < -0.4 is 4.90 Å². The van der Waals surface area contributed by atoms with Gasteiger partial charge in [0.1, 0.15) is 6.07 Å². The van der Waals surface area contributed by atoms with E-state index in [2.05, 4.69) is 11.1 Å². The van der Waals surface area contributed by atoms with Crippen molar-refractivity contribution >= 4 is 11.6 Å². The third-order valence-corrected chi connectivity index (χ3v) is 3.47. The highest BCUT2D eigenvalue weighted by Gasteiger charge is 2.24. The number of aromatic nitrogens is 2. The van der Waals surface area contributed by atoms with Gasteiger partial charge in [-0.05, 0) is 17.7 Å². The summed E-state index contributed by atoms with van der Waals surface area (Å²) in [4.78, 5) is 17.4. The summed E-state index contributed by atoms with van der Waals surface area (Å²) in [6, 6.07) is 7.90. The van der Waals surface area contributed by atoms with Gasteiger partial charge in [-0.3, -0.25) is 4.79 Å². The van der Waals surface area contributed by atoms with Crippen LogP contribution in [0.5, 0.6) is 0 Å². The highest BCUT2D eigenvalue weighted by atomic mass is 16.2. The summed E-state index contributed by atoms with van der Waals surface area (Å²) < 4.78 is 1.82. The largest absolute Gasteiger partial charge is 0.333 e. The third-order valence-electron chi connectivity index (χ3n) is 3.47. The molecule has 0 N–H and O–H groups in total. The number of imidazole rings is 1. The molecule has 1 aliphatic heterocycles. The lowest BCUT2D eigenvalue weighted by Gasteiger charge is -2.10. The predicted octanol–water partition coefficient (Wildman–Crippen LogP) is 1.48. The molecule has 1 aromatic carbocycles. The van der Waals surface area contributed by atoms with E-state index in [1.54, 1.807) is 18.3 Å². The van der Waals surface area contributed by atoms with Gasteiger partial charge < -0.3 is 9.47 Å². The zero-order valence-corrected chi connectivity index (χ0v) is 10.7. The fourth-order valence-corrected chi connectivity index (χ4v) is 2.47. The van der Waals surface area contributed by atoms with Crippen LogP contribution in [0.2, 0.25) is 0 Å². The summed E-state index contributed by atoms with van der Waals surface area (Å²) >= 11 is 0. The number of carbonyl (C=O) groups is 1. The first kappa shape index (κ1) is 11.5. The van der Waals surface area contributed by atoms with Crippen molar-refractivity contribution in [2.75, 3.05) is 11.9 Å². The minimum Gasteiger partial charge on any atom is -0.333 e. The number of hydrogen-bond donors (Lipinski definition) is 0. The number of likely N-dealkylation sites (N-methyl/N-ethyl adjacent to an activating group) is 1. The second-order valence-corrected chi connectivity index (χ2v) is 4.64. The van der Waals surface area contributed by atoms with Crippen molar-refractivity contribution in [2.45, 2.75) is 6.42 Å². The number of benzene rings is 1. The van der Waals surface area contributed by atoms with E-state index in [1.165, 1.54) is 0 Å². The summed E-state index contributed by atoms with van der Waals surface area (Å²) in [6.45, 7) is 0. The lowest BCUT2D eigenvalue weighted by Crippen LogP contribution is -2.20. The monoisotopic (exact) mass is 252 g/mol. The number of carbonyl (C=O) groups excluding carboxylic acids is 1. The second kappa shape index (κ2) is 3.95. The Labute approximate surface area is 110 Å². The van der Waals surface area contributed by atoms with E-state index in [9.17, 15) is 4.79 Å². The SMILES string of the molecule is CN1C(=O)Cc2cc(-c3c(C#N)ncn3C)ccc21. The maximum Gasteiger partial charge on any atom is 0.231 e. The Morgan fingerprint density at radius 1 is 1.37 bits per heavy atom. The minimum atomic E-state index is 0.0951. The summed E-state index contributed by atoms with van der Waals surface area (Å²) in [5.41, 5.74) is 4.04. The van der Waals surface area contributed by atoms with Crippen LogP contribution in [0.25, 0.3) is 11.3 Å². The van der Waals surface area contributed by atoms with E-state index >= 15 is 0 Å². The third kappa shape index (κ3) is 1.61. The second-order valence-electron chi connectivity index (χ2n) is 4.64. The van der Waals surface area contributed by atoms with Gasteiger partial charge in [-0.25, -0.2) is 4.98 Å². The van der Waals surface area contributed by atoms with Crippen LogP contribution in [-0.4, -0.2) is 22.5 Å². The first-order chi connectivity index (χ1) is 9.11. The van der Waals surface area contributed by atoms with Crippen molar-refractivity contribution in [3.8, 4) is 17.3 Å². The number of hydrogen-bond acceptors (Lipinski definition) is 3. The molecule has 0 saturated carbocycles. The van der Waals surface area contributed by atoms with E-state index < -0.39 is 0 Å². The van der Waals surface area contributed by atoms with Gasteiger partial charge in [-0.15, -0.1) is 0 Å². The molecular weight excluding hydrogens is 240 g/mol. The summed E-state index contributed by atoms with van der Waals surface area (Å²) in [5, 5.41) is 9.08. The molecular formula is C14H12N4O. The van der Waals surface area contributed by atoms with Crippen molar-refractivity contribution in [3.05, 3.63) is 35.8 Å². The quantitative estimate of drug-likeness (QED) is 0.772. The molecule has 0 saturated heterocycles. The van der Waals surface area contributed by atoms with Gasteiger partial charge in [-0.2, -0.15) is 5.26 Å². The average Bonchev–Trinajstić information content (AvgIpc) is 2.90. The molecule has 5 heteroatoms. The van der Waals surface area contributed by atoms with Crippen molar-refractivity contribution in [1.29, 1.82) is 5.26 Å². The van der Waals surface area contributed by atoms with Crippen LogP contribution in [0.4, 0.5) is 5.69 Å². The van der Waals surface area contributed by atoms with Gasteiger partial charge >= 0.3 is 0 Å². The van der Waals surface area contributed by atoms with Crippen LogP contribution in [0.3, 0.4) is 0 Å². The molecule has 0 unspecified atom stereocenters. The molecule has 1 aromatic heterocycles. The minimum absolute atomic E-state index is 0.0951. The Bertz CT molecular complexity index is 724. The standard InChI is InChI=1S/C14H12N4O/c1-17-8-16-11(7-15)14(17)9-3-4-12-10(5-9)6-13(19)18(12)2/h3-5,8H,6H2,1-2H3. The van der Waals surface area contributed by atoms with Crippen LogP contribution in [0, 0.1) is 11.3 Å². The number of anilines is 1. The average molecular weight is 252 g/mol. The number of nitrogens with zero attached hydrogens (tertiary/aromatic N) is 4. The Morgan fingerprint density at radius 3 is 2.89 bits per heavy atom. The Balaban J connectivity index is 2.15. The molecule has 0 radical (unpaired) electrons. The fraction of sp³-hybridized carbons (Fsp3) is 0.214. The van der Waals surface area contributed by atoms with Gasteiger partial charge in [0.15, 0.2) is 5.69 Å². The predicted molar refractivity (Wildman–Crippen MR) is 70.5 cm³/mol. The lowest BCUT2D eigenvalue weighted by atomic mass is 10.0. The first-order valence-electron chi connectivity index (χ1n) is 5.93. The molecule has 2 heterocycles. The molecule has 2 aromatic rings. The van der Waals surface area contributed by atoms with Crippen LogP contribution >= 0.6 is 0 Å². The fourth-order valence-electron chi connectivity index (χ4n) is 2.47. The number of rotatable bonds is 1. The zero-order chi connectivity index (χ0) is 13.6. The van der Waals surface area contributed by atoms with Crippen LogP contribution in [-0.2, 0) is 18.3 Å². The molecule has 1 aliphatic rings. The van der Waals surface area contributed by atoms with E-state index in [-0.39, 0.29) is 5.91 Å². The van der Waals surface area contributed by atoms with Crippen molar-refractivity contribution in [1.82, 2.24) is 9.55 Å². The topological polar surface area (TPSA) is 61.9 Å². The summed E-state index contributed by atoms with van der Waals surface area (Å²) in [7, 11) is 3.63. The molecule has 94 valence electrons. The lowest BCUT2D eigenvalue weighted by molar-refractivity contribution is -0.117. The normalized spacial score (nSPS) is 13.5. The molecule has 0 bridgehead atoms. The van der Waals surface area contributed by atoms with Crippen LogP contribution in [0.1, 0.15) is 11.3 Å². The molecule has 1 amide bonds. The Hall–Kier alpha value is -2.61. The van der Waals surface area contributed by atoms with E-state index in [0.29, 0.717) is 12.1 Å². The van der Waals surface area contributed by atoms with Gasteiger partial charge in [-0.1, -0.05) is 6.07 Å². The summed E-state index contributed by atoms with van der Waals surface area (Å²) in [6.07, 6.45) is 2.04. The molecule has 0 spiro atoms. The molecule has 5 nitrogen and oxygen atoms in total. The molecule has 0 atom stereocenters. The molecule has 0 aliphatic carbocycles. The maximum absolute atomic E-state index is 11.7. The van der Waals surface area contributed by atoms with E-state index in [0.717, 1.165) is 22.5 Å². The van der Waals surface area contributed by atoms with Crippen molar-refractivity contribution < 1.29 is 4.79 Å². The maximum atomic E-state index is 11.7. The van der Waals surface area contributed by atoms with Crippen LogP contribution in [0.15, 0.2) is 24.5 Å². The smallest absolute Gasteiger partial charge is 0.231 e. The van der Waals surface area contributed by atoms with Gasteiger partial charge in [0, 0.05) is 25.3 Å².